The first kappa shape index (κ1) is 17.9. The van der Waals surface area contributed by atoms with Crippen LogP contribution in [0.15, 0.2) is 35.7 Å². The van der Waals surface area contributed by atoms with Crippen molar-refractivity contribution in [3.63, 3.8) is 0 Å². The van der Waals surface area contributed by atoms with Crippen LogP contribution >= 0.6 is 0 Å². The van der Waals surface area contributed by atoms with Gasteiger partial charge >= 0.3 is 0 Å². The molecule has 2 atom stereocenters. The Morgan fingerprint density at radius 3 is 2.48 bits per heavy atom. The van der Waals surface area contributed by atoms with Gasteiger partial charge in [-0.25, -0.2) is 13.4 Å². The van der Waals surface area contributed by atoms with Gasteiger partial charge in [-0.3, -0.25) is 0 Å². The summed E-state index contributed by atoms with van der Waals surface area (Å²) in [6, 6.07) is 3.50. The van der Waals surface area contributed by atoms with E-state index in [1.807, 2.05) is 24.6 Å². The van der Waals surface area contributed by atoms with E-state index in [0.717, 1.165) is 23.3 Å². The van der Waals surface area contributed by atoms with Crippen LogP contribution in [0.5, 0.6) is 5.75 Å². The molecule has 0 radical (unpaired) electrons. The highest BCUT2D eigenvalue weighted by molar-refractivity contribution is 7.89. The number of piperidine rings is 1. The number of rotatable bonds is 4. The standard InChI is InChI=1S/C18H25N3O3S/c1-13-5-7-21(11-17(13)20-8-6-19-12-20)25(22,23)16-9-14(2)18(24-4)15(3)10-16/h6,8-10,12-13,17H,5,7,11H2,1-4H3. The molecular formula is C18H25N3O3S. The minimum Gasteiger partial charge on any atom is -0.496 e. The lowest BCUT2D eigenvalue weighted by atomic mass is 9.95. The largest absolute Gasteiger partial charge is 0.496 e. The number of aryl methyl sites for hydroxylation is 2. The summed E-state index contributed by atoms with van der Waals surface area (Å²) in [6.07, 6.45) is 6.23. The van der Waals surface area contributed by atoms with Crippen LogP contribution in [0, 0.1) is 19.8 Å². The number of sulfonamides is 1. The highest BCUT2D eigenvalue weighted by Crippen LogP contribution is 2.33. The van der Waals surface area contributed by atoms with Gasteiger partial charge < -0.3 is 9.30 Å². The molecule has 1 saturated heterocycles. The molecule has 2 aromatic rings. The summed E-state index contributed by atoms with van der Waals surface area (Å²) in [6.45, 7) is 6.91. The molecule has 2 heterocycles. The second kappa shape index (κ2) is 6.80. The number of hydrogen-bond acceptors (Lipinski definition) is 4. The van der Waals surface area contributed by atoms with Crippen LogP contribution in [0.3, 0.4) is 0 Å². The lowest BCUT2D eigenvalue weighted by molar-refractivity contribution is 0.200. The fourth-order valence-electron chi connectivity index (χ4n) is 3.62. The Hall–Kier alpha value is -1.86. The third-order valence-electron chi connectivity index (χ3n) is 5.06. The molecule has 6 nitrogen and oxygen atoms in total. The molecule has 136 valence electrons. The van der Waals surface area contributed by atoms with E-state index in [4.69, 9.17) is 4.74 Å². The van der Waals surface area contributed by atoms with Gasteiger partial charge in [-0.05, 0) is 49.4 Å². The normalized spacial score (nSPS) is 22.1. The van der Waals surface area contributed by atoms with Crippen molar-refractivity contribution in [1.82, 2.24) is 13.9 Å². The molecule has 1 aromatic carbocycles. The molecule has 0 N–H and O–H groups in total. The van der Waals surface area contributed by atoms with Crippen molar-refractivity contribution in [1.29, 1.82) is 0 Å². The van der Waals surface area contributed by atoms with Crippen LogP contribution in [0.25, 0.3) is 0 Å². The van der Waals surface area contributed by atoms with Crippen molar-refractivity contribution in [2.75, 3.05) is 20.2 Å². The molecule has 3 rings (SSSR count). The minimum atomic E-state index is -3.54. The lowest BCUT2D eigenvalue weighted by Crippen LogP contribution is -2.43. The van der Waals surface area contributed by atoms with Crippen LogP contribution in [0.2, 0.25) is 0 Å². The third kappa shape index (κ3) is 3.30. The van der Waals surface area contributed by atoms with Crippen LogP contribution in [0.1, 0.15) is 30.5 Å². The summed E-state index contributed by atoms with van der Waals surface area (Å²) in [4.78, 5) is 4.44. The van der Waals surface area contributed by atoms with Crippen molar-refractivity contribution in [2.45, 2.75) is 38.1 Å². The van der Waals surface area contributed by atoms with E-state index in [0.29, 0.717) is 23.9 Å². The predicted octanol–water partition coefficient (Wildman–Crippen LogP) is 2.78. The van der Waals surface area contributed by atoms with Crippen LogP contribution in [0.4, 0.5) is 0 Å². The molecule has 0 saturated carbocycles. The van der Waals surface area contributed by atoms with Gasteiger partial charge in [0.1, 0.15) is 5.75 Å². The molecule has 25 heavy (non-hydrogen) atoms. The molecule has 0 amide bonds. The van der Waals surface area contributed by atoms with E-state index >= 15 is 0 Å². The van der Waals surface area contributed by atoms with Crippen molar-refractivity contribution in [2.24, 2.45) is 5.92 Å². The fraction of sp³-hybridized carbons (Fsp3) is 0.500. The lowest BCUT2D eigenvalue weighted by Gasteiger charge is -2.37. The maximum atomic E-state index is 13.2. The molecule has 1 aliphatic rings. The first-order valence-electron chi connectivity index (χ1n) is 8.47. The summed E-state index contributed by atoms with van der Waals surface area (Å²) in [5.74, 6) is 1.14. The average molecular weight is 363 g/mol. The first-order valence-corrected chi connectivity index (χ1v) is 9.91. The highest BCUT2D eigenvalue weighted by Gasteiger charge is 2.34. The summed E-state index contributed by atoms with van der Waals surface area (Å²) >= 11 is 0. The Labute approximate surface area is 149 Å². The Morgan fingerprint density at radius 1 is 1.24 bits per heavy atom. The molecular weight excluding hydrogens is 338 g/mol. The molecule has 1 aliphatic heterocycles. The first-order chi connectivity index (χ1) is 11.8. The van der Waals surface area contributed by atoms with Crippen molar-refractivity contribution in [3.8, 4) is 5.75 Å². The zero-order valence-corrected chi connectivity index (χ0v) is 16.0. The van der Waals surface area contributed by atoms with Gasteiger partial charge in [0.05, 0.1) is 24.4 Å². The molecule has 1 aromatic heterocycles. The fourth-order valence-corrected chi connectivity index (χ4v) is 5.27. The third-order valence-corrected chi connectivity index (χ3v) is 6.91. The van der Waals surface area contributed by atoms with E-state index in [9.17, 15) is 8.42 Å². The van der Waals surface area contributed by atoms with Gasteiger partial charge in [-0.15, -0.1) is 0 Å². The van der Waals surface area contributed by atoms with Gasteiger partial charge in [-0.1, -0.05) is 6.92 Å². The van der Waals surface area contributed by atoms with Gasteiger partial charge in [0, 0.05) is 25.5 Å². The maximum Gasteiger partial charge on any atom is 0.243 e. The molecule has 0 bridgehead atoms. The van der Waals surface area contributed by atoms with Gasteiger partial charge in [0.2, 0.25) is 10.0 Å². The van der Waals surface area contributed by atoms with Gasteiger partial charge in [-0.2, -0.15) is 4.31 Å². The Bertz CT molecular complexity index is 823. The number of benzene rings is 1. The van der Waals surface area contributed by atoms with Crippen molar-refractivity contribution in [3.05, 3.63) is 42.0 Å². The van der Waals surface area contributed by atoms with E-state index < -0.39 is 10.0 Å². The Balaban J connectivity index is 1.92. The number of nitrogens with zero attached hydrogens (tertiary/aromatic N) is 3. The molecule has 1 fully saturated rings. The second-order valence-corrected chi connectivity index (χ2v) is 8.73. The molecule has 7 heteroatoms. The van der Waals surface area contributed by atoms with Gasteiger partial charge in [0.25, 0.3) is 0 Å². The van der Waals surface area contributed by atoms with Crippen molar-refractivity contribution < 1.29 is 13.2 Å². The topological polar surface area (TPSA) is 64.4 Å². The Kier molecular flexibility index (Phi) is 4.88. The van der Waals surface area contributed by atoms with E-state index in [2.05, 4.69) is 11.9 Å². The van der Waals surface area contributed by atoms with Crippen LogP contribution in [-0.4, -0.2) is 42.5 Å². The summed E-state index contributed by atoms with van der Waals surface area (Å²) in [5, 5.41) is 0. The number of imidazole rings is 1. The SMILES string of the molecule is COc1c(C)cc(S(=O)(=O)N2CCC(C)C(n3ccnc3)C2)cc1C. The summed E-state index contributed by atoms with van der Waals surface area (Å²) in [5.41, 5.74) is 1.66. The minimum absolute atomic E-state index is 0.103. The molecule has 0 aliphatic carbocycles. The maximum absolute atomic E-state index is 13.2. The number of hydrogen-bond donors (Lipinski definition) is 0. The zero-order valence-electron chi connectivity index (χ0n) is 15.1. The second-order valence-electron chi connectivity index (χ2n) is 6.80. The Morgan fingerprint density at radius 2 is 1.92 bits per heavy atom. The summed E-state index contributed by atoms with van der Waals surface area (Å²) in [7, 11) is -1.93. The smallest absolute Gasteiger partial charge is 0.243 e. The number of aromatic nitrogens is 2. The molecule has 0 spiro atoms. The quantitative estimate of drug-likeness (QED) is 0.838. The molecule has 2 unspecified atom stereocenters. The van der Waals surface area contributed by atoms with Crippen molar-refractivity contribution >= 4 is 10.0 Å². The van der Waals surface area contributed by atoms with E-state index in [1.54, 1.807) is 36.1 Å². The van der Waals surface area contributed by atoms with Gasteiger partial charge in [0.15, 0.2) is 0 Å². The number of ether oxygens (including phenoxy) is 1. The zero-order chi connectivity index (χ0) is 18.2. The van der Waals surface area contributed by atoms with E-state index in [1.165, 1.54) is 0 Å². The highest BCUT2D eigenvalue weighted by atomic mass is 32.2. The van der Waals surface area contributed by atoms with E-state index in [-0.39, 0.29) is 6.04 Å². The predicted molar refractivity (Wildman–Crippen MR) is 96.3 cm³/mol. The van der Waals surface area contributed by atoms with Crippen LogP contribution < -0.4 is 4.74 Å². The van der Waals surface area contributed by atoms with Crippen LogP contribution in [-0.2, 0) is 10.0 Å². The number of methoxy groups -OCH3 is 1. The summed E-state index contributed by atoms with van der Waals surface area (Å²) < 4.78 is 35.3. The average Bonchev–Trinajstić information content (AvgIpc) is 3.09. The monoisotopic (exact) mass is 363 g/mol.